The molecule has 1 fully saturated rings. The van der Waals surface area contributed by atoms with Crippen LogP contribution in [-0.4, -0.2) is 40.2 Å². The predicted molar refractivity (Wildman–Crippen MR) is 192 cm³/mol. The van der Waals surface area contributed by atoms with Gasteiger partial charge in [0.15, 0.2) is 4.34 Å². The summed E-state index contributed by atoms with van der Waals surface area (Å²) in [6.07, 6.45) is 3.91. The summed E-state index contributed by atoms with van der Waals surface area (Å²) in [5.74, 6) is 0.0926. The van der Waals surface area contributed by atoms with Gasteiger partial charge in [-0.25, -0.2) is 0 Å². The van der Waals surface area contributed by atoms with E-state index in [1.807, 2.05) is 49.4 Å². The molecular weight excluding hydrogens is 643 g/mol. The minimum atomic E-state index is -0.941. The molecule has 0 radical (unpaired) electrons. The summed E-state index contributed by atoms with van der Waals surface area (Å²) in [6.45, 7) is 5.28. The average Bonchev–Trinajstić information content (AvgIpc) is 3.69. The Hall–Kier alpha value is -4.67. The third-order valence-electron chi connectivity index (χ3n) is 8.07. The highest BCUT2D eigenvalue weighted by atomic mass is 32.2. The Bertz CT molecular complexity index is 1930. The van der Waals surface area contributed by atoms with Crippen molar-refractivity contribution >= 4 is 56.5 Å². The van der Waals surface area contributed by atoms with Gasteiger partial charge in [-0.2, -0.15) is 0 Å². The van der Waals surface area contributed by atoms with Crippen LogP contribution in [0.3, 0.4) is 0 Å². The SMILES string of the molecule is CCCCCOc1cccc(C2C(=C(O)c3ccc(OCCC)cc3)C(=O)C(=O)N2c2nnc(SCc3cccc4ccccc34)s2)c1. The maximum Gasteiger partial charge on any atom is 0.301 e. The second-order valence-corrected chi connectivity index (χ2v) is 13.6. The summed E-state index contributed by atoms with van der Waals surface area (Å²) in [4.78, 5) is 28.9. The predicted octanol–water partition coefficient (Wildman–Crippen LogP) is 8.97. The number of aliphatic hydroxyl groups excluding tert-OH is 1. The molecule has 48 heavy (non-hydrogen) atoms. The van der Waals surface area contributed by atoms with Crippen LogP contribution in [-0.2, 0) is 15.3 Å². The zero-order chi connectivity index (χ0) is 33.5. The molecule has 1 aromatic heterocycles. The number of aliphatic hydroxyl groups is 1. The number of rotatable bonds is 14. The molecule has 0 aliphatic carbocycles. The summed E-state index contributed by atoms with van der Waals surface area (Å²) < 4.78 is 12.4. The van der Waals surface area contributed by atoms with Gasteiger partial charge in [0.25, 0.3) is 5.78 Å². The van der Waals surface area contributed by atoms with Gasteiger partial charge in [-0.15, -0.1) is 10.2 Å². The molecule has 4 aromatic carbocycles. The molecule has 246 valence electrons. The fraction of sp³-hybridized carbons (Fsp3) is 0.263. The molecule has 0 spiro atoms. The first-order chi connectivity index (χ1) is 23.5. The van der Waals surface area contributed by atoms with Crippen molar-refractivity contribution < 1.29 is 24.2 Å². The van der Waals surface area contributed by atoms with E-state index in [9.17, 15) is 14.7 Å². The average molecular weight is 680 g/mol. The molecule has 1 aliphatic rings. The lowest BCUT2D eigenvalue weighted by Gasteiger charge is -2.23. The van der Waals surface area contributed by atoms with E-state index in [2.05, 4.69) is 41.4 Å². The van der Waals surface area contributed by atoms with Crippen LogP contribution in [0.25, 0.3) is 16.5 Å². The van der Waals surface area contributed by atoms with Crippen LogP contribution >= 0.6 is 23.1 Å². The number of ketones is 1. The number of hydrogen-bond donors (Lipinski definition) is 1. The lowest BCUT2D eigenvalue weighted by Crippen LogP contribution is -2.29. The number of aromatic nitrogens is 2. The minimum absolute atomic E-state index is 0.0227. The number of benzene rings is 4. The van der Waals surface area contributed by atoms with Crippen molar-refractivity contribution in [3.63, 3.8) is 0 Å². The second-order valence-electron chi connectivity index (χ2n) is 11.4. The first kappa shape index (κ1) is 33.2. The highest BCUT2D eigenvalue weighted by Crippen LogP contribution is 2.45. The van der Waals surface area contributed by atoms with Crippen molar-refractivity contribution in [3.05, 3.63) is 113 Å². The molecule has 1 saturated heterocycles. The van der Waals surface area contributed by atoms with Gasteiger partial charge < -0.3 is 14.6 Å². The molecule has 1 N–H and O–H groups in total. The summed E-state index contributed by atoms with van der Waals surface area (Å²) in [6, 6.07) is 27.7. The molecule has 2 heterocycles. The van der Waals surface area contributed by atoms with Gasteiger partial charge in [0.05, 0.1) is 24.8 Å². The molecule has 1 atom stereocenters. The fourth-order valence-electron chi connectivity index (χ4n) is 5.66. The molecule has 6 rings (SSSR count). The summed E-state index contributed by atoms with van der Waals surface area (Å²) >= 11 is 2.77. The lowest BCUT2D eigenvalue weighted by molar-refractivity contribution is -0.132. The van der Waals surface area contributed by atoms with Crippen molar-refractivity contribution in [2.75, 3.05) is 18.1 Å². The quantitative estimate of drug-likeness (QED) is 0.0310. The monoisotopic (exact) mass is 679 g/mol. The van der Waals surface area contributed by atoms with E-state index in [1.165, 1.54) is 33.4 Å². The Kier molecular flexibility index (Phi) is 10.7. The molecule has 5 aromatic rings. The van der Waals surface area contributed by atoms with E-state index < -0.39 is 17.7 Å². The van der Waals surface area contributed by atoms with Crippen LogP contribution in [0.5, 0.6) is 11.5 Å². The van der Waals surface area contributed by atoms with E-state index in [0.29, 0.717) is 45.9 Å². The number of carbonyl (C=O) groups is 2. The summed E-state index contributed by atoms with van der Waals surface area (Å²) in [5.41, 5.74) is 2.16. The van der Waals surface area contributed by atoms with E-state index in [1.54, 1.807) is 24.3 Å². The number of anilines is 1. The highest BCUT2D eigenvalue weighted by molar-refractivity contribution is 8.00. The van der Waals surface area contributed by atoms with Gasteiger partial charge in [0.2, 0.25) is 5.13 Å². The number of thioether (sulfide) groups is 1. The number of amides is 1. The number of unbranched alkanes of at least 4 members (excludes halogenated alkanes) is 2. The van der Waals surface area contributed by atoms with Gasteiger partial charge >= 0.3 is 5.91 Å². The van der Waals surface area contributed by atoms with Crippen LogP contribution in [0.1, 0.15) is 62.3 Å². The number of nitrogens with zero attached hydrogens (tertiary/aromatic N) is 3. The zero-order valence-electron chi connectivity index (χ0n) is 26.9. The van der Waals surface area contributed by atoms with Crippen molar-refractivity contribution in [1.29, 1.82) is 0 Å². The number of ether oxygens (including phenoxy) is 2. The van der Waals surface area contributed by atoms with Crippen molar-refractivity contribution in [2.45, 2.75) is 55.7 Å². The molecule has 10 heteroatoms. The number of Topliss-reactive ketones (excluding diaryl/α,β-unsaturated/α-hetero) is 1. The Labute approximate surface area is 288 Å². The van der Waals surface area contributed by atoms with Crippen LogP contribution in [0.4, 0.5) is 5.13 Å². The van der Waals surface area contributed by atoms with Crippen molar-refractivity contribution in [1.82, 2.24) is 10.2 Å². The van der Waals surface area contributed by atoms with Gasteiger partial charge in [0, 0.05) is 11.3 Å². The number of carbonyl (C=O) groups excluding carboxylic acids is 2. The van der Waals surface area contributed by atoms with Gasteiger partial charge in [0.1, 0.15) is 17.3 Å². The molecule has 1 unspecified atom stereocenters. The van der Waals surface area contributed by atoms with Gasteiger partial charge in [-0.1, -0.05) is 104 Å². The van der Waals surface area contributed by atoms with Crippen molar-refractivity contribution in [2.24, 2.45) is 0 Å². The Balaban J connectivity index is 1.34. The molecule has 8 nitrogen and oxygen atoms in total. The fourth-order valence-corrected chi connectivity index (χ4v) is 7.53. The molecular formula is C38H37N3O5S2. The molecule has 1 amide bonds. The molecule has 0 bridgehead atoms. The first-order valence-corrected chi connectivity index (χ1v) is 18.0. The third-order valence-corrected chi connectivity index (χ3v) is 10.2. The summed E-state index contributed by atoms with van der Waals surface area (Å²) in [5, 5.41) is 23.0. The minimum Gasteiger partial charge on any atom is -0.507 e. The smallest absolute Gasteiger partial charge is 0.301 e. The van der Waals surface area contributed by atoms with Gasteiger partial charge in [-0.05, 0) is 71.1 Å². The van der Waals surface area contributed by atoms with Crippen LogP contribution in [0, 0.1) is 0 Å². The highest BCUT2D eigenvalue weighted by Gasteiger charge is 2.48. The zero-order valence-corrected chi connectivity index (χ0v) is 28.6. The lowest BCUT2D eigenvalue weighted by atomic mass is 9.95. The summed E-state index contributed by atoms with van der Waals surface area (Å²) in [7, 11) is 0. The maximum atomic E-state index is 13.8. The molecule has 1 aliphatic heterocycles. The van der Waals surface area contributed by atoms with Crippen LogP contribution in [0.2, 0.25) is 0 Å². The normalized spacial score (nSPS) is 15.7. The van der Waals surface area contributed by atoms with Crippen molar-refractivity contribution in [3.8, 4) is 11.5 Å². The van der Waals surface area contributed by atoms with E-state index in [-0.39, 0.29) is 16.5 Å². The second kappa shape index (κ2) is 15.5. The van der Waals surface area contributed by atoms with Crippen LogP contribution in [0.15, 0.2) is 101 Å². The maximum absolute atomic E-state index is 13.8. The largest absolute Gasteiger partial charge is 0.507 e. The molecule has 0 saturated carbocycles. The van der Waals surface area contributed by atoms with E-state index >= 15 is 0 Å². The third kappa shape index (κ3) is 7.24. The van der Waals surface area contributed by atoms with E-state index in [0.717, 1.165) is 36.6 Å². The number of hydrogen-bond acceptors (Lipinski definition) is 9. The first-order valence-electron chi connectivity index (χ1n) is 16.2. The Morgan fingerprint density at radius 2 is 1.62 bits per heavy atom. The Morgan fingerprint density at radius 3 is 2.44 bits per heavy atom. The van der Waals surface area contributed by atoms with E-state index in [4.69, 9.17) is 9.47 Å². The van der Waals surface area contributed by atoms with Crippen LogP contribution < -0.4 is 14.4 Å². The standard InChI is InChI=1S/C38H37N3O5S2/c1-3-5-8-22-46-30-15-10-13-27(23-30)33-32(34(42)26-17-19-29(20-18-26)45-21-4-2)35(43)36(44)41(33)37-39-40-38(48-37)47-24-28-14-9-12-25-11-6-7-16-31(25)28/h6-7,9-20,23,33,42H,3-5,8,21-22,24H2,1-2H3. The number of fused-ring (bicyclic) bond motifs is 1. The van der Waals surface area contributed by atoms with Gasteiger partial charge in [-0.3, -0.25) is 14.5 Å². The Morgan fingerprint density at radius 1 is 0.854 bits per heavy atom. The topological polar surface area (TPSA) is 102 Å².